The minimum Gasteiger partial charge on any atom is -0.395 e. The van der Waals surface area contributed by atoms with Crippen molar-refractivity contribution in [3.05, 3.63) is 22.4 Å². The van der Waals surface area contributed by atoms with Crippen molar-refractivity contribution < 1.29 is 9.90 Å². The van der Waals surface area contributed by atoms with Gasteiger partial charge in [0.1, 0.15) is 0 Å². The van der Waals surface area contributed by atoms with Crippen molar-refractivity contribution in [1.82, 2.24) is 10.2 Å². The van der Waals surface area contributed by atoms with E-state index in [1.54, 1.807) is 11.3 Å². The molecule has 2 N–H and O–H groups in total. The van der Waals surface area contributed by atoms with Gasteiger partial charge < -0.3 is 10.4 Å². The van der Waals surface area contributed by atoms with E-state index in [1.807, 2.05) is 24.4 Å². The van der Waals surface area contributed by atoms with Gasteiger partial charge in [0.2, 0.25) is 5.91 Å². The van der Waals surface area contributed by atoms with Crippen LogP contribution in [0.1, 0.15) is 43.5 Å². The number of aliphatic hydroxyl groups excluding tert-OH is 1. The SMILES string of the molecule is CC(NC(=O)CN(CCO)C1CCCC1)c1cccs1. The molecule has 4 nitrogen and oxygen atoms in total. The minimum atomic E-state index is 0.0475. The van der Waals surface area contributed by atoms with E-state index in [9.17, 15) is 9.90 Å². The summed E-state index contributed by atoms with van der Waals surface area (Å²) >= 11 is 1.66. The summed E-state index contributed by atoms with van der Waals surface area (Å²) in [7, 11) is 0. The van der Waals surface area contributed by atoms with Crippen molar-refractivity contribution in [3.8, 4) is 0 Å². The molecule has 0 radical (unpaired) electrons. The molecule has 0 saturated heterocycles. The molecule has 1 atom stereocenters. The molecule has 1 amide bonds. The number of hydrogen-bond donors (Lipinski definition) is 2. The maximum Gasteiger partial charge on any atom is 0.234 e. The van der Waals surface area contributed by atoms with Crippen LogP contribution in [0.15, 0.2) is 17.5 Å². The van der Waals surface area contributed by atoms with E-state index in [4.69, 9.17) is 0 Å². The molecule has 0 spiro atoms. The van der Waals surface area contributed by atoms with Crippen molar-refractivity contribution in [2.75, 3.05) is 19.7 Å². The number of aliphatic hydroxyl groups is 1. The van der Waals surface area contributed by atoms with Gasteiger partial charge in [-0.3, -0.25) is 9.69 Å². The summed E-state index contributed by atoms with van der Waals surface area (Å²) < 4.78 is 0. The van der Waals surface area contributed by atoms with Crippen molar-refractivity contribution in [2.24, 2.45) is 0 Å². The van der Waals surface area contributed by atoms with Crippen LogP contribution in [0.3, 0.4) is 0 Å². The van der Waals surface area contributed by atoms with E-state index in [1.165, 1.54) is 17.7 Å². The van der Waals surface area contributed by atoms with Crippen LogP contribution in [0.4, 0.5) is 0 Å². The predicted molar refractivity (Wildman–Crippen MR) is 81.8 cm³/mol. The highest BCUT2D eigenvalue weighted by molar-refractivity contribution is 7.10. The lowest BCUT2D eigenvalue weighted by Gasteiger charge is -2.27. The summed E-state index contributed by atoms with van der Waals surface area (Å²) in [4.78, 5) is 15.5. The molecule has 20 heavy (non-hydrogen) atoms. The van der Waals surface area contributed by atoms with Gasteiger partial charge in [0.05, 0.1) is 19.2 Å². The Balaban J connectivity index is 1.84. The molecule has 1 saturated carbocycles. The van der Waals surface area contributed by atoms with Gasteiger partial charge in [-0.15, -0.1) is 11.3 Å². The number of hydrogen-bond acceptors (Lipinski definition) is 4. The Morgan fingerprint density at radius 3 is 2.90 bits per heavy atom. The largest absolute Gasteiger partial charge is 0.395 e. The van der Waals surface area contributed by atoms with Crippen LogP contribution in [0, 0.1) is 0 Å². The third-order valence-corrected chi connectivity index (χ3v) is 4.98. The third kappa shape index (κ3) is 4.30. The quantitative estimate of drug-likeness (QED) is 0.811. The second kappa shape index (κ2) is 7.76. The lowest BCUT2D eigenvalue weighted by molar-refractivity contribution is -0.123. The van der Waals surface area contributed by atoms with Gasteiger partial charge in [-0.2, -0.15) is 0 Å². The van der Waals surface area contributed by atoms with E-state index >= 15 is 0 Å². The number of carbonyl (C=O) groups excluding carboxylic acids is 1. The third-order valence-electron chi connectivity index (χ3n) is 3.92. The number of rotatable bonds is 7. The smallest absolute Gasteiger partial charge is 0.234 e. The minimum absolute atomic E-state index is 0.0475. The molecule has 112 valence electrons. The number of thiophene rings is 1. The molecule has 1 heterocycles. The van der Waals surface area contributed by atoms with E-state index in [0.29, 0.717) is 19.1 Å². The van der Waals surface area contributed by atoms with Gasteiger partial charge >= 0.3 is 0 Å². The van der Waals surface area contributed by atoms with Crippen LogP contribution < -0.4 is 5.32 Å². The number of nitrogens with zero attached hydrogens (tertiary/aromatic N) is 1. The molecule has 1 aliphatic carbocycles. The van der Waals surface area contributed by atoms with Gasteiger partial charge in [-0.05, 0) is 31.2 Å². The summed E-state index contributed by atoms with van der Waals surface area (Å²) in [6, 6.07) is 4.56. The molecule has 1 fully saturated rings. The Kier molecular flexibility index (Phi) is 6.01. The van der Waals surface area contributed by atoms with Crippen molar-refractivity contribution >= 4 is 17.2 Å². The van der Waals surface area contributed by atoms with Gasteiger partial charge in [0.25, 0.3) is 0 Å². The fourth-order valence-corrected chi connectivity index (χ4v) is 3.60. The molecule has 1 aromatic heterocycles. The van der Waals surface area contributed by atoms with Crippen LogP contribution in [-0.4, -0.2) is 41.7 Å². The fourth-order valence-electron chi connectivity index (χ4n) is 2.87. The first-order valence-corrected chi connectivity index (χ1v) is 8.26. The summed E-state index contributed by atoms with van der Waals surface area (Å²) in [5, 5.41) is 14.2. The van der Waals surface area contributed by atoms with Gasteiger partial charge in [-0.25, -0.2) is 0 Å². The fraction of sp³-hybridized carbons (Fsp3) is 0.667. The van der Waals surface area contributed by atoms with Crippen molar-refractivity contribution in [2.45, 2.75) is 44.7 Å². The highest BCUT2D eigenvalue weighted by atomic mass is 32.1. The lowest BCUT2D eigenvalue weighted by atomic mass is 10.2. The second-order valence-electron chi connectivity index (χ2n) is 5.44. The maximum absolute atomic E-state index is 12.2. The van der Waals surface area contributed by atoms with E-state index in [2.05, 4.69) is 10.2 Å². The molecule has 2 rings (SSSR count). The van der Waals surface area contributed by atoms with Crippen molar-refractivity contribution in [1.29, 1.82) is 0 Å². The highest BCUT2D eigenvalue weighted by Gasteiger charge is 2.24. The maximum atomic E-state index is 12.2. The van der Waals surface area contributed by atoms with E-state index in [-0.39, 0.29) is 18.6 Å². The zero-order chi connectivity index (χ0) is 14.4. The van der Waals surface area contributed by atoms with Crippen LogP contribution in [0.5, 0.6) is 0 Å². The average Bonchev–Trinajstić information content (AvgIpc) is 3.11. The van der Waals surface area contributed by atoms with Crippen LogP contribution in [-0.2, 0) is 4.79 Å². The molecule has 1 unspecified atom stereocenters. The van der Waals surface area contributed by atoms with E-state index in [0.717, 1.165) is 12.8 Å². The average molecular weight is 296 g/mol. The standard InChI is InChI=1S/C15H24N2O2S/c1-12(14-7-4-10-20-14)16-15(19)11-17(8-9-18)13-5-2-3-6-13/h4,7,10,12-13,18H,2-3,5-6,8-9,11H2,1H3,(H,16,19). The van der Waals surface area contributed by atoms with Crippen LogP contribution >= 0.6 is 11.3 Å². The highest BCUT2D eigenvalue weighted by Crippen LogP contribution is 2.23. The van der Waals surface area contributed by atoms with E-state index < -0.39 is 0 Å². The Hall–Kier alpha value is -0.910. The van der Waals surface area contributed by atoms with Crippen LogP contribution in [0.25, 0.3) is 0 Å². The summed E-state index contributed by atoms with van der Waals surface area (Å²) in [5.41, 5.74) is 0. The van der Waals surface area contributed by atoms with Crippen LogP contribution in [0.2, 0.25) is 0 Å². The first-order valence-electron chi connectivity index (χ1n) is 7.38. The van der Waals surface area contributed by atoms with Gasteiger partial charge in [-0.1, -0.05) is 18.9 Å². The first-order chi connectivity index (χ1) is 9.70. The van der Waals surface area contributed by atoms with Gasteiger partial charge in [0.15, 0.2) is 0 Å². The molecule has 0 aromatic carbocycles. The zero-order valence-electron chi connectivity index (χ0n) is 12.0. The second-order valence-corrected chi connectivity index (χ2v) is 6.42. The Morgan fingerprint density at radius 2 is 2.30 bits per heavy atom. The monoisotopic (exact) mass is 296 g/mol. The Labute approximate surface area is 124 Å². The molecule has 0 bridgehead atoms. The van der Waals surface area contributed by atoms with Crippen molar-refractivity contribution in [3.63, 3.8) is 0 Å². The van der Waals surface area contributed by atoms with Gasteiger partial charge in [0, 0.05) is 17.5 Å². The lowest BCUT2D eigenvalue weighted by Crippen LogP contribution is -2.43. The predicted octanol–water partition coefficient (Wildman–Crippen LogP) is 2.16. The topological polar surface area (TPSA) is 52.6 Å². The summed E-state index contributed by atoms with van der Waals surface area (Å²) in [6.07, 6.45) is 4.77. The number of carbonyl (C=O) groups is 1. The molecule has 5 heteroatoms. The summed E-state index contributed by atoms with van der Waals surface area (Å²) in [5.74, 6) is 0.0475. The molecular formula is C15H24N2O2S. The summed E-state index contributed by atoms with van der Waals surface area (Å²) in [6.45, 7) is 3.10. The first kappa shape index (κ1) is 15.5. The molecule has 1 aliphatic rings. The zero-order valence-corrected chi connectivity index (χ0v) is 12.9. The Bertz CT molecular complexity index is 402. The Morgan fingerprint density at radius 1 is 1.55 bits per heavy atom. The molecule has 1 aromatic rings. The normalized spacial score (nSPS) is 17.6. The molecule has 0 aliphatic heterocycles. The number of nitrogens with one attached hydrogen (secondary N) is 1. The molecular weight excluding hydrogens is 272 g/mol. The number of amides is 1.